The van der Waals surface area contributed by atoms with E-state index < -0.39 is 29.7 Å². The fourth-order valence-electron chi connectivity index (χ4n) is 1.97. The van der Waals surface area contributed by atoms with E-state index in [4.69, 9.17) is 0 Å². The molecule has 0 aliphatic carbocycles. The number of phenolic OH excluding ortho intramolecular Hbond substituents is 1. The minimum atomic E-state index is -1.30. The summed E-state index contributed by atoms with van der Waals surface area (Å²) in [6.45, 7) is 1.55. The molecule has 0 bridgehead atoms. The number of benzene rings is 1. The number of allylic oxidation sites excluding steroid dienone is 1. The van der Waals surface area contributed by atoms with Crippen LogP contribution in [-0.4, -0.2) is 28.9 Å². The second kappa shape index (κ2) is 6.60. The standard InChI is InChI=1S/C14H14N4O5/c1-2-8(10-12(21)15-14(23)16-13(10)22)17-18-11(20)7-5-3-4-6-9(7)19/h2-6,10,17,19H,1H3,(H,18,20)(H2,15,16,21,22,23)/b8-2+. The van der Waals surface area contributed by atoms with Crippen LogP contribution in [-0.2, 0) is 9.59 Å². The molecular formula is C14H14N4O5. The van der Waals surface area contributed by atoms with Crippen molar-refractivity contribution in [1.29, 1.82) is 0 Å². The van der Waals surface area contributed by atoms with Crippen LogP contribution in [0.25, 0.3) is 0 Å². The zero-order valence-electron chi connectivity index (χ0n) is 12.0. The number of barbiturate groups is 1. The summed E-state index contributed by atoms with van der Waals surface area (Å²) < 4.78 is 0. The van der Waals surface area contributed by atoms with Gasteiger partial charge in [0.15, 0.2) is 5.92 Å². The Morgan fingerprint density at radius 1 is 1.13 bits per heavy atom. The predicted octanol–water partition coefficient (Wildman–Crippen LogP) is -0.487. The fourth-order valence-corrected chi connectivity index (χ4v) is 1.97. The molecule has 5 amide bonds. The van der Waals surface area contributed by atoms with E-state index in [2.05, 4.69) is 10.9 Å². The Hall–Kier alpha value is -3.36. The van der Waals surface area contributed by atoms with Crippen LogP contribution in [0.4, 0.5) is 4.79 Å². The summed E-state index contributed by atoms with van der Waals surface area (Å²) in [5, 5.41) is 13.5. The van der Waals surface area contributed by atoms with E-state index in [0.717, 1.165) is 0 Å². The normalized spacial score (nSPS) is 15.7. The molecule has 1 fully saturated rings. The summed E-state index contributed by atoms with van der Waals surface area (Å²) in [5.74, 6) is -3.79. The lowest BCUT2D eigenvalue weighted by Crippen LogP contribution is -2.58. The Morgan fingerprint density at radius 2 is 1.74 bits per heavy atom. The first-order valence-corrected chi connectivity index (χ1v) is 6.60. The molecule has 1 aliphatic rings. The van der Waals surface area contributed by atoms with E-state index in [1.54, 1.807) is 19.1 Å². The number of hydrogen-bond acceptors (Lipinski definition) is 6. The SMILES string of the molecule is C/C=C(/NNC(=O)c1ccccc1O)C1C(=O)NC(=O)NC1=O. The molecule has 1 saturated heterocycles. The third-order valence-electron chi connectivity index (χ3n) is 3.09. The van der Waals surface area contributed by atoms with Gasteiger partial charge in [0.1, 0.15) is 5.75 Å². The first kappa shape index (κ1) is 16.0. The van der Waals surface area contributed by atoms with Crippen molar-refractivity contribution in [3.8, 4) is 5.75 Å². The predicted molar refractivity (Wildman–Crippen MR) is 77.6 cm³/mol. The number of urea groups is 1. The molecule has 1 aliphatic heterocycles. The van der Waals surface area contributed by atoms with Crippen molar-refractivity contribution in [3.05, 3.63) is 41.6 Å². The first-order chi connectivity index (χ1) is 10.9. The van der Waals surface area contributed by atoms with Crippen LogP contribution in [0.5, 0.6) is 5.75 Å². The lowest BCUT2D eigenvalue weighted by atomic mass is 10.0. The summed E-state index contributed by atoms with van der Waals surface area (Å²) in [7, 11) is 0. The number of para-hydroxylation sites is 1. The Bertz CT molecular complexity index is 693. The van der Waals surface area contributed by atoms with Crippen LogP contribution in [0.15, 0.2) is 36.0 Å². The van der Waals surface area contributed by atoms with E-state index in [1.165, 1.54) is 18.2 Å². The van der Waals surface area contributed by atoms with E-state index in [-0.39, 0.29) is 17.0 Å². The fraction of sp³-hybridized carbons (Fsp3) is 0.143. The number of rotatable bonds is 4. The number of aromatic hydroxyl groups is 1. The second-order valence-corrected chi connectivity index (χ2v) is 4.58. The molecular weight excluding hydrogens is 304 g/mol. The molecule has 0 saturated carbocycles. The van der Waals surface area contributed by atoms with Crippen molar-refractivity contribution in [1.82, 2.24) is 21.5 Å². The van der Waals surface area contributed by atoms with Crippen molar-refractivity contribution < 1.29 is 24.3 Å². The number of carbonyl (C=O) groups excluding carboxylic acids is 4. The average molecular weight is 318 g/mol. The second-order valence-electron chi connectivity index (χ2n) is 4.58. The molecule has 0 aromatic heterocycles. The Morgan fingerprint density at radius 3 is 2.30 bits per heavy atom. The van der Waals surface area contributed by atoms with Crippen LogP contribution in [0, 0.1) is 5.92 Å². The van der Waals surface area contributed by atoms with E-state index >= 15 is 0 Å². The quantitative estimate of drug-likeness (QED) is 0.375. The van der Waals surface area contributed by atoms with Gasteiger partial charge in [-0.15, -0.1) is 0 Å². The largest absolute Gasteiger partial charge is 0.507 e. The molecule has 1 aromatic carbocycles. The topological polar surface area (TPSA) is 137 Å². The summed E-state index contributed by atoms with van der Waals surface area (Å²) >= 11 is 0. The number of imide groups is 2. The van der Waals surface area contributed by atoms with Gasteiger partial charge < -0.3 is 10.5 Å². The minimum absolute atomic E-state index is 0.0168. The van der Waals surface area contributed by atoms with Crippen LogP contribution in [0.1, 0.15) is 17.3 Å². The number of hydrazine groups is 1. The maximum absolute atomic E-state index is 12.0. The number of amides is 5. The van der Waals surface area contributed by atoms with Gasteiger partial charge in [-0.1, -0.05) is 18.2 Å². The molecule has 9 heteroatoms. The molecule has 120 valence electrons. The van der Waals surface area contributed by atoms with Gasteiger partial charge in [0, 0.05) is 5.70 Å². The van der Waals surface area contributed by atoms with Crippen LogP contribution in [0.2, 0.25) is 0 Å². The summed E-state index contributed by atoms with van der Waals surface area (Å²) in [6.07, 6.45) is 1.41. The van der Waals surface area contributed by atoms with Crippen LogP contribution in [0.3, 0.4) is 0 Å². The summed E-state index contributed by atoms with van der Waals surface area (Å²) in [6, 6.07) is 4.98. The highest BCUT2D eigenvalue weighted by Crippen LogP contribution is 2.15. The monoisotopic (exact) mass is 318 g/mol. The van der Waals surface area contributed by atoms with Crippen molar-refractivity contribution >= 4 is 23.8 Å². The number of carbonyl (C=O) groups is 4. The van der Waals surface area contributed by atoms with Gasteiger partial charge >= 0.3 is 6.03 Å². The average Bonchev–Trinajstić information content (AvgIpc) is 2.49. The van der Waals surface area contributed by atoms with Gasteiger partial charge in [-0.25, -0.2) is 4.79 Å². The maximum Gasteiger partial charge on any atom is 0.328 e. The maximum atomic E-state index is 12.0. The van der Waals surface area contributed by atoms with Crippen LogP contribution < -0.4 is 21.5 Å². The number of phenols is 1. The zero-order chi connectivity index (χ0) is 17.0. The third-order valence-corrected chi connectivity index (χ3v) is 3.09. The molecule has 1 heterocycles. The third kappa shape index (κ3) is 3.46. The molecule has 0 atom stereocenters. The van der Waals surface area contributed by atoms with E-state index in [0.29, 0.717) is 0 Å². The van der Waals surface area contributed by atoms with E-state index in [9.17, 15) is 24.3 Å². The van der Waals surface area contributed by atoms with Gasteiger partial charge in [-0.05, 0) is 19.1 Å². The lowest BCUT2D eigenvalue weighted by molar-refractivity contribution is -0.134. The zero-order valence-corrected chi connectivity index (χ0v) is 12.0. The van der Waals surface area contributed by atoms with Gasteiger partial charge in [-0.3, -0.25) is 30.4 Å². The minimum Gasteiger partial charge on any atom is -0.507 e. The Balaban J connectivity index is 2.08. The van der Waals surface area contributed by atoms with Crippen molar-refractivity contribution in [3.63, 3.8) is 0 Å². The van der Waals surface area contributed by atoms with Gasteiger partial charge in [0.05, 0.1) is 5.56 Å². The van der Waals surface area contributed by atoms with Gasteiger partial charge in [0.25, 0.3) is 5.91 Å². The lowest BCUT2D eigenvalue weighted by Gasteiger charge is -2.23. The number of nitrogens with one attached hydrogen (secondary N) is 4. The number of hydrogen-bond donors (Lipinski definition) is 5. The van der Waals surface area contributed by atoms with E-state index in [1.807, 2.05) is 10.6 Å². The molecule has 1 aromatic rings. The highest BCUT2D eigenvalue weighted by atomic mass is 16.3. The van der Waals surface area contributed by atoms with Gasteiger partial charge in [0.2, 0.25) is 11.8 Å². The first-order valence-electron chi connectivity index (χ1n) is 6.60. The summed E-state index contributed by atoms with van der Waals surface area (Å²) in [5.41, 5.74) is 4.83. The van der Waals surface area contributed by atoms with Crippen molar-refractivity contribution in [2.24, 2.45) is 5.92 Å². The summed E-state index contributed by atoms with van der Waals surface area (Å²) in [4.78, 5) is 46.5. The molecule has 0 radical (unpaired) electrons. The van der Waals surface area contributed by atoms with Crippen LogP contribution >= 0.6 is 0 Å². The Labute approximate surface area is 130 Å². The molecule has 2 rings (SSSR count). The van der Waals surface area contributed by atoms with Crippen molar-refractivity contribution in [2.45, 2.75) is 6.92 Å². The Kier molecular flexibility index (Phi) is 4.60. The molecule has 0 spiro atoms. The smallest absolute Gasteiger partial charge is 0.328 e. The van der Waals surface area contributed by atoms with Crippen molar-refractivity contribution in [2.75, 3.05) is 0 Å². The molecule has 9 nitrogen and oxygen atoms in total. The molecule has 23 heavy (non-hydrogen) atoms. The highest BCUT2D eigenvalue weighted by Gasteiger charge is 2.37. The highest BCUT2D eigenvalue weighted by molar-refractivity contribution is 6.17. The molecule has 5 N–H and O–H groups in total. The van der Waals surface area contributed by atoms with Gasteiger partial charge in [-0.2, -0.15) is 0 Å². The molecule has 0 unspecified atom stereocenters.